The highest BCUT2D eigenvalue weighted by Gasteiger charge is 2.36. The van der Waals surface area contributed by atoms with Gasteiger partial charge in [0.1, 0.15) is 6.54 Å². The number of nitrogens with zero attached hydrogens (tertiary/aromatic N) is 1. The molecule has 2 heterocycles. The van der Waals surface area contributed by atoms with Gasteiger partial charge in [0.15, 0.2) is 0 Å². The first-order valence-corrected chi connectivity index (χ1v) is 10.7. The van der Waals surface area contributed by atoms with Crippen molar-refractivity contribution >= 4 is 69.6 Å². The Morgan fingerprint density at radius 1 is 1.18 bits per heavy atom. The van der Waals surface area contributed by atoms with Crippen molar-refractivity contribution in [3.8, 4) is 0 Å². The molecule has 0 radical (unpaired) electrons. The van der Waals surface area contributed by atoms with E-state index in [-0.39, 0.29) is 17.2 Å². The van der Waals surface area contributed by atoms with Crippen LogP contribution in [0.4, 0.5) is 10.5 Å². The molecule has 0 atom stereocenters. The predicted molar refractivity (Wildman–Crippen MR) is 112 cm³/mol. The van der Waals surface area contributed by atoms with Crippen LogP contribution in [-0.2, 0) is 14.4 Å². The van der Waals surface area contributed by atoms with Gasteiger partial charge in [-0.3, -0.25) is 24.1 Å². The zero-order valence-corrected chi connectivity index (χ0v) is 16.9. The highest BCUT2D eigenvalue weighted by atomic mass is 32.2. The molecular weight excluding hydrogens is 418 g/mol. The summed E-state index contributed by atoms with van der Waals surface area (Å²) in [5.41, 5.74) is 5.64. The number of para-hydroxylation sites is 1. The number of amides is 4. The molecule has 1 aliphatic heterocycles. The van der Waals surface area contributed by atoms with Gasteiger partial charge >= 0.3 is 0 Å². The van der Waals surface area contributed by atoms with Crippen molar-refractivity contribution in [3.05, 3.63) is 51.6 Å². The number of rotatable bonds is 7. The number of primary amides is 1. The van der Waals surface area contributed by atoms with Crippen LogP contribution in [-0.4, -0.2) is 40.2 Å². The summed E-state index contributed by atoms with van der Waals surface area (Å²) in [5, 5.41) is 4.06. The molecule has 10 heteroatoms. The molecule has 2 aromatic rings. The lowest BCUT2D eigenvalue weighted by Crippen LogP contribution is -2.36. The van der Waals surface area contributed by atoms with Crippen molar-refractivity contribution in [2.45, 2.75) is 4.90 Å². The van der Waals surface area contributed by atoms with E-state index < -0.39 is 23.0 Å². The second-order valence-corrected chi connectivity index (χ2v) is 8.57. The molecule has 0 bridgehead atoms. The zero-order valence-electron chi connectivity index (χ0n) is 14.4. The van der Waals surface area contributed by atoms with E-state index >= 15 is 0 Å². The lowest BCUT2D eigenvalue weighted by Gasteiger charge is -2.14. The standard InChI is InChI=1S/C18H15N3O4S3/c19-15(22)10-27-13-6-2-1-5-12(13)20-16(23)9-21-17(24)14(28-18(21)25)8-11-4-3-7-26-11/h1-8H,9-10H2,(H2,19,22)(H,20,23)/b14-8-. The van der Waals surface area contributed by atoms with Crippen LogP contribution in [0.15, 0.2) is 51.6 Å². The van der Waals surface area contributed by atoms with Gasteiger partial charge in [0, 0.05) is 9.77 Å². The maximum Gasteiger partial charge on any atom is 0.294 e. The monoisotopic (exact) mass is 433 g/mol. The summed E-state index contributed by atoms with van der Waals surface area (Å²) in [6.45, 7) is -0.388. The number of benzene rings is 1. The molecule has 0 aliphatic carbocycles. The molecule has 1 saturated heterocycles. The smallest absolute Gasteiger partial charge is 0.294 e. The molecule has 1 aromatic carbocycles. The quantitative estimate of drug-likeness (QED) is 0.513. The summed E-state index contributed by atoms with van der Waals surface area (Å²) in [4.78, 5) is 50.7. The van der Waals surface area contributed by atoms with Gasteiger partial charge in [-0.25, -0.2) is 0 Å². The molecule has 0 saturated carbocycles. The number of nitrogens with one attached hydrogen (secondary N) is 1. The second-order valence-electron chi connectivity index (χ2n) is 5.58. The molecule has 1 fully saturated rings. The van der Waals surface area contributed by atoms with Gasteiger partial charge in [0.2, 0.25) is 11.8 Å². The van der Waals surface area contributed by atoms with Crippen LogP contribution < -0.4 is 11.1 Å². The molecule has 3 rings (SSSR count). The third-order valence-electron chi connectivity index (χ3n) is 3.52. The zero-order chi connectivity index (χ0) is 20.1. The Bertz CT molecular complexity index is 957. The molecule has 1 aromatic heterocycles. The summed E-state index contributed by atoms with van der Waals surface area (Å²) < 4.78 is 0. The number of nitrogens with two attached hydrogens (primary N) is 1. The lowest BCUT2D eigenvalue weighted by atomic mass is 10.3. The van der Waals surface area contributed by atoms with E-state index in [0.29, 0.717) is 10.6 Å². The Morgan fingerprint density at radius 3 is 2.68 bits per heavy atom. The van der Waals surface area contributed by atoms with E-state index in [1.807, 2.05) is 17.5 Å². The molecule has 144 valence electrons. The first kappa shape index (κ1) is 20.2. The average Bonchev–Trinajstić information content (AvgIpc) is 3.25. The summed E-state index contributed by atoms with van der Waals surface area (Å²) in [6.07, 6.45) is 1.64. The molecule has 4 amide bonds. The molecule has 0 spiro atoms. The third kappa shape index (κ3) is 5.03. The van der Waals surface area contributed by atoms with Gasteiger partial charge in [-0.1, -0.05) is 18.2 Å². The van der Waals surface area contributed by atoms with Gasteiger partial charge < -0.3 is 11.1 Å². The maximum atomic E-state index is 12.5. The Morgan fingerprint density at radius 2 is 1.96 bits per heavy atom. The number of thioether (sulfide) groups is 2. The number of thiophene rings is 1. The number of carbonyl (C=O) groups is 4. The summed E-state index contributed by atoms with van der Waals surface area (Å²) in [6, 6.07) is 10.6. The summed E-state index contributed by atoms with van der Waals surface area (Å²) >= 11 is 3.46. The van der Waals surface area contributed by atoms with Gasteiger partial charge in [0.25, 0.3) is 11.1 Å². The highest BCUT2D eigenvalue weighted by Crippen LogP contribution is 2.33. The Kier molecular flexibility index (Phi) is 6.55. The topological polar surface area (TPSA) is 110 Å². The van der Waals surface area contributed by atoms with Crippen LogP contribution in [0.25, 0.3) is 6.08 Å². The van der Waals surface area contributed by atoms with Crippen molar-refractivity contribution in [2.75, 3.05) is 17.6 Å². The minimum absolute atomic E-state index is 0.0729. The first-order chi connectivity index (χ1) is 13.4. The first-order valence-electron chi connectivity index (χ1n) is 8.03. The number of imide groups is 1. The maximum absolute atomic E-state index is 12.5. The highest BCUT2D eigenvalue weighted by molar-refractivity contribution is 8.18. The molecule has 1 aliphatic rings. The van der Waals surface area contributed by atoms with E-state index in [4.69, 9.17) is 5.73 Å². The van der Waals surface area contributed by atoms with E-state index in [9.17, 15) is 19.2 Å². The number of hydrogen-bond donors (Lipinski definition) is 2. The van der Waals surface area contributed by atoms with E-state index in [0.717, 1.165) is 21.5 Å². The number of carbonyl (C=O) groups excluding carboxylic acids is 4. The SMILES string of the molecule is NC(=O)CSc1ccccc1NC(=O)CN1C(=O)S/C(=C\c2cccs2)C1=O. The van der Waals surface area contributed by atoms with Crippen molar-refractivity contribution in [1.29, 1.82) is 0 Å². The van der Waals surface area contributed by atoms with E-state index in [1.54, 1.807) is 30.3 Å². The molecule has 3 N–H and O–H groups in total. The summed E-state index contributed by atoms with van der Waals surface area (Å²) in [7, 11) is 0. The third-order valence-corrected chi connectivity index (χ3v) is 6.35. The van der Waals surface area contributed by atoms with Gasteiger partial charge in [-0.05, 0) is 41.4 Å². The van der Waals surface area contributed by atoms with Crippen LogP contribution in [0.5, 0.6) is 0 Å². The minimum atomic E-state index is -0.508. The lowest BCUT2D eigenvalue weighted by molar-refractivity contribution is -0.127. The fraction of sp³-hybridized carbons (Fsp3) is 0.111. The average molecular weight is 434 g/mol. The van der Waals surface area contributed by atoms with Crippen molar-refractivity contribution in [1.82, 2.24) is 4.90 Å². The fourth-order valence-electron chi connectivity index (χ4n) is 2.32. The Hall–Kier alpha value is -2.56. The molecule has 28 heavy (non-hydrogen) atoms. The summed E-state index contributed by atoms with van der Waals surface area (Å²) in [5.74, 6) is -1.40. The Labute approximate surface area is 173 Å². The van der Waals surface area contributed by atoms with Gasteiger partial charge in [-0.15, -0.1) is 23.1 Å². The largest absolute Gasteiger partial charge is 0.369 e. The normalized spacial score (nSPS) is 15.3. The molecule has 7 nitrogen and oxygen atoms in total. The van der Waals surface area contributed by atoms with Gasteiger partial charge in [-0.2, -0.15) is 0 Å². The fourth-order valence-corrected chi connectivity index (χ4v) is 4.63. The van der Waals surface area contributed by atoms with E-state index in [2.05, 4.69) is 5.32 Å². The number of anilines is 1. The van der Waals surface area contributed by atoms with Crippen LogP contribution in [0.3, 0.4) is 0 Å². The van der Waals surface area contributed by atoms with Crippen LogP contribution in [0.1, 0.15) is 4.88 Å². The van der Waals surface area contributed by atoms with Crippen LogP contribution in [0.2, 0.25) is 0 Å². The van der Waals surface area contributed by atoms with Gasteiger partial charge in [0.05, 0.1) is 16.3 Å². The minimum Gasteiger partial charge on any atom is -0.369 e. The number of hydrogen-bond acceptors (Lipinski definition) is 7. The molecular formula is C18H15N3O4S3. The van der Waals surface area contributed by atoms with Crippen molar-refractivity contribution in [2.24, 2.45) is 5.73 Å². The Balaban J connectivity index is 1.66. The van der Waals surface area contributed by atoms with Crippen LogP contribution in [0, 0.1) is 0 Å². The molecule has 0 unspecified atom stereocenters. The van der Waals surface area contributed by atoms with Crippen molar-refractivity contribution < 1.29 is 19.2 Å². The van der Waals surface area contributed by atoms with Crippen LogP contribution >= 0.6 is 34.9 Å². The second kappa shape index (κ2) is 9.09. The van der Waals surface area contributed by atoms with Crippen molar-refractivity contribution in [3.63, 3.8) is 0 Å². The van der Waals surface area contributed by atoms with E-state index in [1.165, 1.54) is 23.1 Å². The predicted octanol–water partition coefficient (Wildman–Crippen LogP) is 3.00.